The number of hydrogen-bond acceptors (Lipinski definition) is 8. The van der Waals surface area contributed by atoms with Crippen molar-refractivity contribution in [2.24, 2.45) is 0 Å². The fourth-order valence-corrected chi connectivity index (χ4v) is 3.30. The summed E-state index contributed by atoms with van der Waals surface area (Å²) in [6.07, 6.45) is -3.53. The fourth-order valence-electron chi connectivity index (χ4n) is 3.30. The Morgan fingerprint density at radius 3 is 2.60 bits per heavy atom. The summed E-state index contributed by atoms with van der Waals surface area (Å²) in [5, 5.41) is 11.6. The van der Waals surface area contributed by atoms with Crippen LogP contribution in [0.15, 0.2) is 64.2 Å². The van der Waals surface area contributed by atoms with Gasteiger partial charge in [-0.3, -0.25) is 9.36 Å². The van der Waals surface area contributed by atoms with Crippen LogP contribution in [-0.2, 0) is 13.1 Å². The van der Waals surface area contributed by atoms with Crippen LogP contribution in [0.5, 0.6) is 5.75 Å². The SMILES string of the molecule is O=c1c2nnn(Cc3cccc(F)c3)c2ncn1Cc1nc(-c2ccc(OC(F)(F)F)cc2)no1. The first kappa shape index (κ1) is 22.2. The highest BCUT2D eigenvalue weighted by Crippen LogP contribution is 2.25. The molecule has 0 saturated heterocycles. The van der Waals surface area contributed by atoms with Gasteiger partial charge in [-0.2, -0.15) is 4.98 Å². The topological polar surface area (TPSA) is 114 Å². The molecule has 5 rings (SSSR count). The van der Waals surface area contributed by atoms with Crippen LogP contribution in [-0.4, -0.2) is 41.0 Å². The Morgan fingerprint density at radius 2 is 1.86 bits per heavy atom. The molecule has 0 unspecified atom stereocenters. The highest BCUT2D eigenvalue weighted by molar-refractivity contribution is 5.67. The third kappa shape index (κ3) is 4.85. The molecule has 0 radical (unpaired) electrons. The number of ether oxygens (including phenoxy) is 1. The second kappa shape index (κ2) is 8.62. The minimum Gasteiger partial charge on any atom is -0.406 e. The number of aromatic nitrogens is 7. The number of halogens is 4. The quantitative estimate of drug-likeness (QED) is 0.336. The Labute approximate surface area is 192 Å². The molecule has 0 atom stereocenters. The van der Waals surface area contributed by atoms with Crippen LogP contribution < -0.4 is 10.3 Å². The van der Waals surface area contributed by atoms with E-state index in [9.17, 15) is 22.4 Å². The number of rotatable bonds is 6. The van der Waals surface area contributed by atoms with E-state index < -0.39 is 17.7 Å². The molecule has 3 heterocycles. The molecular formula is C21H13F4N7O3. The lowest BCUT2D eigenvalue weighted by molar-refractivity contribution is -0.274. The number of fused-ring (bicyclic) bond motifs is 1. The van der Waals surface area contributed by atoms with Gasteiger partial charge >= 0.3 is 6.36 Å². The van der Waals surface area contributed by atoms with E-state index in [1.54, 1.807) is 12.1 Å². The highest BCUT2D eigenvalue weighted by Gasteiger charge is 2.31. The predicted octanol–water partition coefficient (Wildman–Crippen LogP) is 3.17. The van der Waals surface area contributed by atoms with Crippen LogP contribution in [0.3, 0.4) is 0 Å². The van der Waals surface area contributed by atoms with Crippen molar-refractivity contribution in [3.63, 3.8) is 0 Å². The zero-order valence-corrected chi connectivity index (χ0v) is 17.5. The van der Waals surface area contributed by atoms with Crippen LogP contribution in [0.1, 0.15) is 11.5 Å². The van der Waals surface area contributed by atoms with Gasteiger partial charge in [0, 0.05) is 5.56 Å². The van der Waals surface area contributed by atoms with Gasteiger partial charge in [0.05, 0.1) is 6.54 Å². The average Bonchev–Trinajstić information content (AvgIpc) is 3.43. The molecule has 0 saturated carbocycles. The van der Waals surface area contributed by atoms with E-state index in [0.29, 0.717) is 11.1 Å². The average molecular weight is 487 g/mol. The summed E-state index contributed by atoms with van der Waals surface area (Å²) in [5.41, 5.74) is 0.732. The second-order valence-electron chi connectivity index (χ2n) is 7.31. The number of benzene rings is 2. The van der Waals surface area contributed by atoms with E-state index in [-0.39, 0.29) is 41.7 Å². The second-order valence-corrected chi connectivity index (χ2v) is 7.31. The van der Waals surface area contributed by atoms with Gasteiger partial charge in [0.2, 0.25) is 11.7 Å². The normalized spacial score (nSPS) is 11.8. The van der Waals surface area contributed by atoms with E-state index >= 15 is 0 Å². The van der Waals surface area contributed by atoms with Crippen LogP contribution in [0.2, 0.25) is 0 Å². The van der Waals surface area contributed by atoms with Gasteiger partial charge in [-0.1, -0.05) is 22.5 Å². The maximum absolute atomic E-state index is 13.4. The summed E-state index contributed by atoms with van der Waals surface area (Å²) in [6.45, 7) is 0.0470. The number of alkyl halides is 3. The monoisotopic (exact) mass is 487 g/mol. The zero-order chi connectivity index (χ0) is 24.6. The molecule has 0 fully saturated rings. The van der Waals surface area contributed by atoms with Crippen molar-refractivity contribution in [1.29, 1.82) is 0 Å². The van der Waals surface area contributed by atoms with Crippen molar-refractivity contribution in [1.82, 2.24) is 34.7 Å². The minimum absolute atomic E-state index is 0.00361. The van der Waals surface area contributed by atoms with Crippen LogP contribution >= 0.6 is 0 Å². The van der Waals surface area contributed by atoms with E-state index in [1.165, 1.54) is 39.8 Å². The Kier molecular flexibility index (Phi) is 5.47. The van der Waals surface area contributed by atoms with Crippen molar-refractivity contribution in [3.8, 4) is 17.1 Å². The molecule has 3 aromatic heterocycles. The van der Waals surface area contributed by atoms with Gasteiger partial charge in [-0.25, -0.2) is 14.1 Å². The molecule has 14 heteroatoms. The Balaban J connectivity index is 1.34. The van der Waals surface area contributed by atoms with Crippen molar-refractivity contribution in [2.45, 2.75) is 19.5 Å². The molecule has 5 aromatic rings. The summed E-state index contributed by atoms with van der Waals surface area (Å²) in [5.74, 6) is -0.610. The summed E-state index contributed by atoms with van der Waals surface area (Å²) in [6, 6.07) is 10.9. The van der Waals surface area contributed by atoms with Crippen LogP contribution in [0.25, 0.3) is 22.6 Å². The predicted molar refractivity (Wildman–Crippen MR) is 111 cm³/mol. The molecule has 0 aliphatic carbocycles. The smallest absolute Gasteiger partial charge is 0.406 e. The summed E-state index contributed by atoms with van der Waals surface area (Å²) < 4.78 is 61.9. The van der Waals surface area contributed by atoms with E-state index in [0.717, 1.165) is 12.1 Å². The minimum atomic E-state index is -4.80. The number of hydrogen-bond donors (Lipinski definition) is 0. The molecule has 0 aliphatic rings. The highest BCUT2D eigenvalue weighted by atomic mass is 19.4. The first-order valence-corrected chi connectivity index (χ1v) is 9.97. The third-order valence-corrected chi connectivity index (χ3v) is 4.83. The van der Waals surface area contributed by atoms with Crippen LogP contribution in [0, 0.1) is 5.82 Å². The standard InChI is InChI=1S/C21H13F4N7O3/c22-14-3-1-2-12(8-14)9-32-19-17(28-30-32)20(33)31(11-26-19)10-16-27-18(29-35-16)13-4-6-15(7-5-13)34-21(23,24)25/h1-8,11H,9-10H2. The molecule has 0 N–H and O–H groups in total. The van der Waals surface area contributed by atoms with E-state index in [1.807, 2.05) is 0 Å². The van der Waals surface area contributed by atoms with E-state index in [2.05, 4.69) is 30.2 Å². The zero-order valence-electron chi connectivity index (χ0n) is 17.5. The summed E-state index contributed by atoms with van der Waals surface area (Å²) in [7, 11) is 0. The lowest BCUT2D eigenvalue weighted by Gasteiger charge is -2.08. The lowest BCUT2D eigenvalue weighted by atomic mass is 10.2. The van der Waals surface area contributed by atoms with Crippen molar-refractivity contribution >= 4 is 11.2 Å². The van der Waals surface area contributed by atoms with Crippen molar-refractivity contribution < 1.29 is 26.8 Å². The van der Waals surface area contributed by atoms with Gasteiger partial charge < -0.3 is 9.26 Å². The molecule has 0 aliphatic heterocycles. The van der Waals surface area contributed by atoms with Gasteiger partial charge in [0.15, 0.2) is 11.2 Å². The van der Waals surface area contributed by atoms with E-state index in [4.69, 9.17) is 4.52 Å². The van der Waals surface area contributed by atoms with Gasteiger partial charge in [-0.15, -0.1) is 18.3 Å². The summed E-state index contributed by atoms with van der Waals surface area (Å²) >= 11 is 0. The molecule has 178 valence electrons. The molecule has 0 spiro atoms. The maximum atomic E-state index is 13.4. The molecule has 2 aromatic carbocycles. The Morgan fingerprint density at radius 1 is 1.06 bits per heavy atom. The maximum Gasteiger partial charge on any atom is 0.573 e. The Bertz CT molecular complexity index is 1560. The largest absolute Gasteiger partial charge is 0.573 e. The molecular weight excluding hydrogens is 474 g/mol. The fraction of sp³-hybridized carbons (Fsp3) is 0.143. The summed E-state index contributed by atoms with van der Waals surface area (Å²) in [4.78, 5) is 21.2. The van der Waals surface area contributed by atoms with Crippen molar-refractivity contribution in [2.75, 3.05) is 0 Å². The Hall–Kier alpha value is -4.62. The first-order valence-electron chi connectivity index (χ1n) is 9.97. The number of nitrogens with zero attached hydrogens (tertiary/aromatic N) is 7. The van der Waals surface area contributed by atoms with Crippen molar-refractivity contribution in [3.05, 3.63) is 82.5 Å². The van der Waals surface area contributed by atoms with Crippen LogP contribution in [0.4, 0.5) is 17.6 Å². The van der Waals surface area contributed by atoms with Gasteiger partial charge in [0.25, 0.3) is 5.56 Å². The molecule has 10 nitrogen and oxygen atoms in total. The molecule has 35 heavy (non-hydrogen) atoms. The van der Waals surface area contributed by atoms with Gasteiger partial charge in [-0.05, 0) is 42.0 Å². The molecule has 0 amide bonds. The lowest BCUT2D eigenvalue weighted by Crippen LogP contribution is -2.21. The van der Waals surface area contributed by atoms with Gasteiger partial charge in [0.1, 0.15) is 24.4 Å². The first-order chi connectivity index (χ1) is 16.7. The third-order valence-electron chi connectivity index (χ3n) is 4.83. The molecule has 0 bridgehead atoms.